The summed E-state index contributed by atoms with van der Waals surface area (Å²) >= 11 is 0. The Bertz CT molecular complexity index is 875. The van der Waals surface area contributed by atoms with Crippen LogP contribution < -0.4 is 4.57 Å². The highest BCUT2D eigenvalue weighted by molar-refractivity contribution is 5.74. The van der Waals surface area contributed by atoms with Crippen LogP contribution in [0.4, 0.5) is 0 Å². The van der Waals surface area contributed by atoms with Crippen LogP contribution in [0.15, 0.2) is 54.7 Å². The molecule has 0 unspecified atom stereocenters. The normalized spacial score (nSPS) is 10.8. The molecule has 1 aromatic heterocycles. The second kappa shape index (κ2) is 6.00. The van der Waals surface area contributed by atoms with Crippen LogP contribution in [0.3, 0.4) is 0 Å². The van der Waals surface area contributed by atoms with Gasteiger partial charge in [-0.25, -0.2) is 4.57 Å². The zero-order chi connectivity index (χ0) is 16.6. The van der Waals surface area contributed by atoms with E-state index in [0.29, 0.717) is 0 Å². The molecule has 0 aliphatic rings. The molecule has 0 bridgehead atoms. The lowest BCUT2D eigenvalue weighted by molar-refractivity contribution is -0.660. The van der Waals surface area contributed by atoms with Crippen molar-refractivity contribution < 1.29 is 4.57 Å². The van der Waals surface area contributed by atoms with Crippen LogP contribution in [0.2, 0.25) is 0 Å². The average Bonchev–Trinajstić information content (AvgIpc) is 2.49. The van der Waals surface area contributed by atoms with Crippen molar-refractivity contribution in [2.75, 3.05) is 0 Å². The first-order chi connectivity index (χ1) is 11.0. The van der Waals surface area contributed by atoms with Crippen LogP contribution in [0.25, 0.3) is 22.4 Å². The summed E-state index contributed by atoms with van der Waals surface area (Å²) < 4.78 is 2.23. The average molecular weight is 302 g/mol. The summed E-state index contributed by atoms with van der Waals surface area (Å²) in [6, 6.07) is 17.6. The van der Waals surface area contributed by atoms with E-state index in [1.54, 1.807) is 0 Å². The molecule has 0 aliphatic carbocycles. The van der Waals surface area contributed by atoms with Gasteiger partial charge in [0.15, 0.2) is 6.20 Å². The lowest BCUT2D eigenvalue weighted by Gasteiger charge is -2.12. The molecule has 1 nitrogen and oxygen atoms in total. The molecule has 0 amide bonds. The molecule has 0 N–H and O–H groups in total. The summed E-state index contributed by atoms with van der Waals surface area (Å²) in [5, 5.41) is 0. The minimum atomic E-state index is 1.26. The molecule has 0 fully saturated rings. The van der Waals surface area contributed by atoms with Crippen molar-refractivity contribution in [1.82, 2.24) is 0 Å². The summed E-state index contributed by atoms with van der Waals surface area (Å²) in [6.07, 6.45) is 2.23. The molecule has 0 saturated carbocycles. The molecule has 3 aromatic rings. The number of aromatic nitrogens is 1. The highest BCUT2D eigenvalue weighted by Gasteiger charge is 2.17. The summed E-state index contributed by atoms with van der Waals surface area (Å²) in [7, 11) is 2.13. The largest absolute Gasteiger partial charge is 0.213 e. The van der Waals surface area contributed by atoms with Gasteiger partial charge in [0.05, 0.1) is 0 Å². The molecule has 23 heavy (non-hydrogen) atoms. The third-order valence-corrected chi connectivity index (χ3v) is 4.57. The first kappa shape index (κ1) is 15.5. The fourth-order valence-corrected chi connectivity index (χ4v) is 3.32. The Morgan fingerprint density at radius 1 is 0.652 bits per heavy atom. The van der Waals surface area contributed by atoms with E-state index in [1.807, 2.05) is 0 Å². The standard InChI is InChI=1S/C22H24N/c1-15-10-11-20(17(3)12-15)22-13-21(18(4)14-23(22)5)19-9-7-6-8-16(19)2/h6-14H,1-5H3/q+1. The monoisotopic (exact) mass is 302 g/mol. The lowest BCUT2D eigenvalue weighted by atomic mass is 9.94. The first-order valence-electron chi connectivity index (χ1n) is 8.11. The van der Waals surface area contributed by atoms with Gasteiger partial charge in [-0.2, -0.15) is 0 Å². The quantitative estimate of drug-likeness (QED) is 0.581. The number of nitrogens with zero attached hydrogens (tertiary/aromatic N) is 1. The highest BCUT2D eigenvalue weighted by Crippen LogP contribution is 2.30. The van der Waals surface area contributed by atoms with E-state index in [4.69, 9.17) is 0 Å². The Balaban J connectivity index is 2.24. The van der Waals surface area contributed by atoms with E-state index in [1.165, 1.54) is 44.6 Å². The minimum absolute atomic E-state index is 1.26. The van der Waals surface area contributed by atoms with Crippen molar-refractivity contribution in [2.24, 2.45) is 7.05 Å². The van der Waals surface area contributed by atoms with Crippen LogP contribution >= 0.6 is 0 Å². The Morgan fingerprint density at radius 2 is 1.39 bits per heavy atom. The molecule has 0 spiro atoms. The predicted molar refractivity (Wildman–Crippen MR) is 97.4 cm³/mol. The van der Waals surface area contributed by atoms with Crippen molar-refractivity contribution >= 4 is 0 Å². The zero-order valence-corrected chi connectivity index (χ0v) is 14.6. The van der Waals surface area contributed by atoms with Gasteiger partial charge in [0.2, 0.25) is 5.69 Å². The number of pyridine rings is 1. The van der Waals surface area contributed by atoms with Gasteiger partial charge in [0.1, 0.15) is 7.05 Å². The first-order valence-corrected chi connectivity index (χ1v) is 8.11. The molecular weight excluding hydrogens is 278 g/mol. The second-order valence-corrected chi connectivity index (χ2v) is 6.50. The van der Waals surface area contributed by atoms with Gasteiger partial charge in [-0.05, 0) is 56.0 Å². The number of hydrogen-bond donors (Lipinski definition) is 0. The van der Waals surface area contributed by atoms with Crippen molar-refractivity contribution in [2.45, 2.75) is 27.7 Å². The lowest BCUT2D eigenvalue weighted by Crippen LogP contribution is -2.31. The van der Waals surface area contributed by atoms with Gasteiger partial charge in [-0.1, -0.05) is 42.0 Å². The van der Waals surface area contributed by atoms with Crippen LogP contribution in [-0.4, -0.2) is 0 Å². The summed E-state index contributed by atoms with van der Waals surface area (Å²) in [4.78, 5) is 0. The number of aryl methyl sites for hydroxylation is 5. The number of hydrogen-bond acceptors (Lipinski definition) is 0. The van der Waals surface area contributed by atoms with E-state index < -0.39 is 0 Å². The van der Waals surface area contributed by atoms with Crippen molar-refractivity contribution in [1.29, 1.82) is 0 Å². The SMILES string of the molecule is Cc1ccc(-c2cc(-c3ccccc3C)c(C)c[n+]2C)c(C)c1. The topological polar surface area (TPSA) is 3.88 Å². The Kier molecular flexibility index (Phi) is 4.04. The van der Waals surface area contributed by atoms with E-state index in [0.717, 1.165) is 0 Å². The van der Waals surface area contributed by atoms with Crippen LogP contribution in [-0.2, 0) is 7.05 Å². The molecule has 1 heteroatoms. The molecular formula is C22H24N+. The van der Waals surface area contributed by atoms with Gasteiger partial charge in [0.25, 0.3) is 0 Å². The van der Waals surface area contributed by atoms with Gasteiger partial charge in [-0.15, -0.1) is 0 Å². The molecule has 3 rings (SSSR count). The van der Waals surface area contributed by atoms with Crippen LogP contribution in [0, 0.1) is 27.7 Å². The third kappa shape index (κ3) is 2.92. The Labute approximate surface area is 139 Å². The molecule has 1 heterocycles. The fourth-order valence-electron chi connectivity index (χ4n) is 3.32. The van der Waals surface area contributed by atoms with Crippen molar-refractivity contribution in [3.63, 3.8) is 0 Å². The summed E-state index contributed by atoms with van der Waals surface area (Å²) in [5.74, 6) is 0. The maximum absolute atomic E-state index is 2.33. The van der Waals surface area contributed by atoms with Gasteiger partial charge in [0, 0.05) is 17.2 Å². The van der Waals surface area contributed by atoms with E-state index >= 15 is 0 Å². The third-order valence-electron chi connectivity index (χ3n) is 4.57. The maximum Gasteiger partial charge on any atom is 0.213 e. The summed E-state index contributed by atoms with van der Waals surface area (Å²) in [5.41, 5.74) is 10.4. The Hall–Kier alpha value is -2.41. The molecule has 116 valence electrons. The minimum Gasteiger partial charge on any atom is -0.201 e. The zero-order valence-electron chi connectivity index (χ0n) is 14.6. The second-order valence-electron chi connectivity index (χ2n) is 6.50. The van der Waals surface area contributed by atoms with Crippen LogP contribution in [0.5, 0.6) is 0 Å². The molecule has 0 aliphatic heterocycles. The van der Waals surface area contributed by atoms with Gasteiger partial charge < -0.3 is 0 Å². The Morgan fingerprint density at radius 3 is 2.09 bits per heavy atom. The van der Waals surface area contributed by atoms with Crippen molar-refractivity contribution in [3.05, 3.63) is 77.0 Å². The van der Waals surface area contributed by atoms with Gasteiger partial charge in [-0.3, -0.25) is 0 Å². The van der Waals surface area contributed by atoms with Gasteiger partial charge >= 0.3 is 0 Å². The maximum atomic E-state index is 2.33. The number of rotatable bonds is 2. The molecule has 0 atom stereocenters. The molecule has 2 aromatic carbocycles. The number of benzene rings is 2. The smallest absolute Gasteiger partial charge is 0.201 e. The van der Waals surface area contributed by atoms with E-state index in [9.17, 15) is 0 Å². The van der Waals surface area contributed by atoms with E-state index in [2.05, 4.69) is 94.0 Å². The molecule has 0 radical (unpaired) electrons. The summed E-state index contributed by atoms with van der Waals surface area (Å²) in [6.45, 7) is 8.70. The van der Waals surface area contributed by atoms with E-state index in [-0.39, 0.29) is 0 Å². The predicted octanol–water partition coefficient (Wildman–Crippen LogP) is 5.08. The molecule has 0 saturated heterocycles. The highest BCUT2D eigenvalue weighted by atomic mass is 14.9. The van der Waals surface area contributed by atoms with Crippen LogP contribution in [0.1, 0.15) is 22.3 Å². The fraction of sp³-hybridized carbons (Fsp3) is 0.227. The van der Waals surface area contributed by atoms with Crippen molar-refractivity contribution in [3.8, 4) is 22.4 Å².